The molecule has 102 valence electrons. The van der Waals surface area contributed by atoms with Crippen LogP contribution in [-0.4, -0.2) is 26.6 Å². The lowest BCUT2D eigenvalue weighted by Crippen LogP contribution is -2.20. The van der Waals surface area contributed by atoms with Crippen molar-refractivity contribution in [1.29, 1.82) is 0 Å². The van der Waals surface area contributed by atoms with Crippen molar-refractivity contribution in [2.24, 2.45) is 0 Å². The van der Waals surface area contributed by atoms with Gasteiger partial charge in [0.1, 0.15) is 17.3 Å². The summed E-state index contributed by atoms with van der Waals surface area (Å²) in [6.45, 7) is 0.731. The molecule has 0 bridgehead atoms. The van der Waals surface area contributed by atoms with Crippen molar-refractivity contribution in [3.8, 4) is 0 Å². The molecule has 3 aromatic rings. The minimum Gasteiger partial charge on any atom is -0.355 e. The van der Waals surface area contributed by atoms with Crippen LogP contribution in [0, 0.1) is 0 Å². The van der Waals surface area contributed by atoms with E-state index < -0.39 is 0 Å². The normalized spacial score (nSPS) is 10.9. The molecule has 20 heavy (non-hydrogen) atoms. The van der Waals surface area contributed by atoms with Crippen LogP contribution in [0.3, 0.4) is 0 Å². The van der Waals surface area contributed by atoms with E-state index in [1.54, 1.807) is 10.6 Å². The lowest BCUT2D eigenvalue weighted by Gasteiger charge is -2.20. The number of fused-ring (bicyclic) bond motifs is 1. The Bertz CT molecular complexity index is 757. The van der Waals surface area contributed by atoms with Gasteiger partial charge in [0.2, 0.25) is 0 Å². The van der Waals surface area contributed by atoms with Crippen molar-refractivity contribution in [2.75, 3.05) is 11.9 Å². The zero-order valence-electron chi connectivity index (χ0n) is 10.7. The molecule has 7 heteroatoms. The summed E-state index contributed by atoms with van der Waals surface area (Å²) in [5.41, 5.74) is 1.18. The molecule has 2 aromatic heterocycles. The Morgan fingerprint density at radius 1 is 1.35 bits per heavy atom. The smallest absolute Gasteiger partial charge is 0.255 e. The molecule has 0 saturated carbocycles. The highest BCUT2D eigenvalue weighted by atomic mass is 79.9. The minimum absolute atomic E-state index is 0.404. The van der Waals surface area contributed by atoms with Crippen molar-refractivity contribution in [3.05, 3.63) is 51.8 Å². The van der Waals surface area contributed by atoms with E-state index in [-0.39, 0.29) is 0 Å². The first-order valence-corrected chi connectivity index (χ1v) is 7.12. The van der Waals surface area contributed by atoms with E-state index in [0.29, 0.717) is 10.9 Å². The van der Waals surface area contributed by atoms with Crippen molar-refractivity contribution >= 4 is 39.1 Å². The zero-order valence-corrected chi connectivity index (χ0v) is 13.0. The molecule has 0 saturated heterocycles. The van der Waals surface area contributed by atoms with Gasteiger partial charge in [0.15, 0.2) is 0 Å². The van der Waals surface area contributed by atoms with Crippen LogP contribution < -0.4 is 4.90 Å². The van der Waals surface area contributed by atoms with Crippen LogP contribution in [0.2, 0.25) is 5.15 Å². The average Bonchev–Trinajstić information content (AvgIpc) is 2.85. The molecular weight excluding hydrogens is 342 g/mol. The molecule has 5 nitrogen and oxygen atoms in total. The molecule has 0 amide bonds. The highest BCUT2D eigenvalue weighted by Gasteiger charge is 2.11. The molecule has 0 unspecified atom stereocenters. The summed E-state index contributed by atoms with van der Waals surface area (Å²) in [7, 11) is 1.98. The standard InChI is InChI=1S/C13H11BrClN5/c1-19(7-9-3-2-4-10(14)5-9)12-6-11(15)18-13-16-8-17-20(12)13/h2-6,8H,7H2,1H3. The minimum atomic E-state index is 0.404. The van der Waals surface area contributed by atoms with E-state index in [1.807, 2.05) is 19.2 Å². The molecule has 0 spiro atoms. The summed E-state index contributed by atoms with van der Waals surface area (Å²) in [5.74, 6) is 1.34. The fourth-order valence-electron chi connectivity index (χ4n) is 2.03. The summed E-state index contributed by atoms with van der Waals surface area (Å²) in [4.78, 5) is 10.2. The number of aromatic nitrogens is 4. The van der Waals surface area contributed by atoms with Gasteiger partial charge in [-0.1, -0.05) is 39.7 Å². The maximum absolute atomic E-state index is 6.03. The molecule has 0 aliphatic carbocycles. The molecule has 2 heterocycles. The zero-order chi connectivity index (χ0) is 14.1. The number of anilines is 1. The Hall–Kier alpha value is -1.66. The van der Waals surface area contributed by atoms with Gasteiger partial charge in [-0.3, -0.25) is 0 Å². The summed E-state index contributed by atoms with van der Waals surface area (Å²) in [5, 5.41) is 4.58. The molecule has 3 rings (SSSR count). The molecule has 1 aromatic carbocycles. The van der Waals surface area contributed by atoms with Crippen LogP contribution in [0.15, 0.2) is 41.1 Å². The number of benzene rings is 1. The summed E-state index contributed by atoms with van der Waals surface area (Å²) >= 11 is 9.50. The van der Waals surface area contributed by atoms with Crippen molar-refractivity contribution in [3.63, 3.8) is 0 Å². The molecule has 0 aliphatic heterocycles. The Morgan fingerprint density at radius 2 is 2.20 bits per heavy atom. The number of halogens is 2. The van der Waals surface area contributed by atoms with Crippen molar-refractivity contribution < 1.29 is 0 Å². The summed E-state index contributed by atoms with van der Waals surface area (Å²) in [6.07, 6.45) is 1.47. The largest absolute Gasteiger partial charge is 0.355 e. The maximum Gasteiger partial charge on any atom is 0.255 e. The van der Waals surface area contributed by atoms with Gasteiger partial charge in [0, 0.05) is 24.1 Å². The quantitative estimate of drug-likeness (QED) is 0.679. The molecule has 0 N–H and O–H groups in total. The first-order valence-electron chi connectivity index (χ1n) is 5.95. The number of rotatable bonds is 3. The van der Waals surface area contributed by atoms with Crippen LogP contribution in [0.5, 0.6) is 0 Å². The van der Waals surface area contributed by atoms with Gasteiger partial charge in [-0.25, -0.2) is 0 Å². The average molecular weight is 353 g/mol. The van der Waals surface area contributed by atoms with Crippen LogP contribution in [0.4, 0.5) is 5.82 Å². The third-order valence-corrected chi connectivity index (χ3v) is 3.59. The Balaban J connectivity index is 1.96. The van der Waals surface area contributed by atoms with E-state index in [1.165, 1.54) is 11.9 Å². The third-order valence-electron chi connectivity index (χ3n) is 2.90. The first kappa shape index (κ1) is 13.3. The van der Waals surface area contributed by atoms with E-state index in [0.717, 1.165) is 16.8 Å². The molecule has 0 atom stereocenters. The van der Waals surface area contributed by atoms with Crippen LogP contribution in [0.1, 0.15) is 5.56 Å². The SMILES string of the molecule is CN(Cc1cccc(Br)c1)c1cc(Cl)nc2ncnn12. The monoisotopic (exact) mass is 351 g/mol. The van der Waals surface area contributed by atoms with Gasteiger partial charge in [-0.2, -0.15) is 19.6 Å². The van der Waals surface area contributed by atoms with Gasteiger partial charge in [0.05, 0.1) is 0 Å². The molecule has 0 radical (unpaired) electrons. The molecule has 0 fully saturated rings. The highest BCUT2D eigenvalue weighted by molar-refractivity contribution is 9.10. The van der Waals surface area contributed by atoms with Crippen molar-refractivity contribution in [1.82, 2.24) is 19.6 Å². The lowest BCUT2D eigenvalue weighted by atomic mass is 10.2. The second-order valence-corrected chi connectivity index (χ2v) is 5.70. The van der Waals surface area contributed by atoms with Gasteiger partial charge in [-0.15, -0.1) is 0 Å². The fourth-order valence-corrected chi connectivity index (χ4v) is 2.65. The van der Waals surface area contributed by atoms with Gasteiger partial charge >= 0.3 is 0 Å². The van der Waals surface area contributed by atoms with E-state index in [9.17, 15) is 0 Å². The second-order valence-electron chi connectivity index (χ2n) is 4.39. The summed E-state index contributed by atoms with van der Waals surface area (Å²) in [6, 6.07) is 9.95. The fraction of sp³-hybridized carbons (Fsp3) is 0.154. The van der Waals surface area contributed by atoms with Crippen molar-refractivity contribution in [2.45, 2.75) is 6.54 Å². The second kappa shape index (κ2) is 5.38. The number of hydrogen-bond donors (Lipinski definition) is 0. The van der Waals surface area contributed by atoms with Crippen LogP contribution >= 0.6 is 27.5 Å². The predicted molar refractivity (Wildman–Crippen MR) is 82.0 cm³/mol. The third kappa shape index (κ3) is 2.62. The Kier molecular flexibility index (Phi) is 3.58. The number of hydrogen-bond acceptors (Lipinski definition) is 4. The van der Waals surface area contributed by atoms with Crippen LogP contribution in [-0.2, 0) is 6.54 Å². The van der Waals surface area contributed by atoms with Gasteiger partial charge < -0.3 is 4.90 Å². The van der Waals surface area contributed by atoms with Crippen LogP contribution in [0.25, 0.3) is 5.78 Å². The van der Waals surface area contributed by atoms with E-state index in [2.05, 4.69) is 48.0 Å². The van der Waals surface area contributed by atoms with Gasteiger partial charge in [-0.05, 0) is 17.7 Å². The Labute approximate surface area is 129 Å². The number of nitrogens with zero attached hydrogens (tertiary/aromatic N) is 5. The Morgan fingerprint density at radius 3 is 3.00 bits per heavy atom. The van der Waals surface area contributed by atoms with E-state index in [4.69, 9.17) is 11.6 Å². The highest BCUT2D eigenvalue weighted by Crippen LogP contribution is 2.20. The predicted octanol–water partition coefficient (Wildman–Crippen LogP) is 3.18. The maximum atomic E-state index is 6.03. The topological polar surface area (TPSA) is 46.3 Å². The van der Waals surface area contributed by atoms with E-state index >= 15 is 0 Å². The lowest BCUT2D eigenvalue weighted by molar-refractivity contribution is 0.832. The molecular formula is C13H11BrClN5. The molecule has 0 aliphatic rings. The first-order chi connectivity index (χ1) is 9.63. The summed E-state index contributed by atoms with van der Waals surface area (Å²) < 4.78 is 2.73. The van der Waals surface area contributed by atoms with Gasteiger partial charge in [0.25, 0.3) is 5.78 Å².